The van der Waals surface area contributed by atoms with Gasteiger partial charge in [0.2, 0.25) is 0 Å². The van der Waals surface area contributed by atoms with Gasteiger partial charge in [-0.25, -0.2) is 9.59 Å². The number of hydrogen-bond donors (Lipinski definition) is 3. The number of amides is 2. The van der Waals surface area contributed by atoms with E-state index in [0.717, 1.165) is 30.2 Å². The van der Waals surface area contributed by atoms with Gasteiger partial charge in [-0.3, -0.25) is 24.4 Å². The number of fused-ring (bicyclic) bond motifs is 1. The zero-order chi connectivity index (χ0) is 26.8. The Balaban J connectivity index is 0.000000414. The second-order valence-electron chi connectivity index (χ2n) is 8.64. The molecule has 0 atom stereocenters. The highest BCUT2D eigenvalue weighted by Crippen LogP contribution is 2.23. The maximum Gasteiger partial charge on any atom is 0.328 e. The minimum absolute atomic E-state index is 0.0114. The molecule has 1 saturated heterocycles. The van der Waals surface area contributed by atoms with Crippen LogP contribution in [0.2, 0.25) is 0 Å². The fourth-order valence-electron chi connectivity index (χ4n) is 4.09. The lowest BCUT2D eigenvalue weighted by molar-refractivity contribution is -0.134. The second kappa shape index (κ2) is 13.1. The van der Waals surface area contributed by atoms with Crippen LogP contribution in [0.25, 0.3) is 0 Å². The molecule has 2 amide bonds. The molecule has 0 spiro atoms. The monoisotopic (exact) mass is 507 g/mol. The van der Waals surface area contributed by atoms with Gasteiger partial charge >= 0.3 is 11.9 Å². The first kappa shape index (κ1) is 27.3. The number of likely N-dealkylation sites (tertiary alicyclic amines) is 1. The molecular weight excluding hydrogens is 478 g/mol. The molecule has 0 aliphatic carbocycles. The molecule has 0 saturated carbocycles. The summed E-state index contributed by atoms with van der Waals surface area (Å²) in [5.74, 6) is -3.26. The molecule has 2 aliphatic heterocycles. The Hall–Kier alpha value is -4.31. The lowest BCUT2D eigenvalue weighted by atomic mass is 10.1. The number of nitrogens with zero attached hydrogens (tertiary/aromatic N) is 3. The molecule has 1 aromatic heterocycles. The van der Waals surface area contributed by atoms with Gasteiger partial charge in [0.15, 0.2) is 0 Å². The smallest absolute Gasteiger partial charge is 0.328 e. The second-order valence-corrected chi connectivity index (χ2v) is 8.64. The summed E-state index contributed by atoms with van der Waals surface area (Å²) in [6.07, 6.45) is 8.81. The van der Waals surface area contributed by atoms with Crippen molar-refractivity contribution in [1.29, 1.82) is 0 Å². The molecule has 2 aromatic rings. The maximum absolute atomic E-state index is 12.4. The number of piperidine rings is 1. The van der Waals surface area contributed by atoms with Crippen molar-refractivity contribution in [3.8, 4) is 0 Å². The predicted molar refractivity (Wildman–Crippen MR) is 134 cm³/mol. The number of carboxylic acid groups (broad SMARTS) is 2. The third-order valence-electron chi connectivity index (χ3n) is 5.85. The molecule has 194 valence electrons. The van der Waals surface area contributed by atoms with Crippen molar-refractivity contribution in [3.63, 3.8) is 0 Å². The van der Waals surface area contributed by atoms with Gasteiger partial charge < -0.3 is 15.3 Å². The van der Waals surface area contributed by atoms with Crippen molar-refractivity contribution >= 4 is 23.8 Å². The number of aliphatic hydroxyl groups excluding tert-OH is 1. The van der Waals surface area contributed by atoms with Gasteiger partial charge in [-0.2, -0.15) is 0 Å². The highest BCUT2D eigenvalue weighted by Gasteiger charge is 2.35. The number of rotatable bonds is 8. The fourth-order valence-corrected chi connectivity index (χ4v) is 4.09. The summed E-state index contributed by atoms with van der Waals surface area (Å²) in [5, 5.41) is 25.9. The highest BCUT2D eigenvalue weighted by atomic mass is 16.4. The lowest BCUT2D eigenvalue weighted by Crippen LogP contribution is -2.31. The van der Waals surface area contributed by atoms with Crippen LogP contribution < -0.4 is 0 Å². The van der Waals surface area contributed by atoms with Crippen molar-refractivity contribution in [3.05, 3.63) is 89.0 Å². The number of aliphatic carboxylic acids is 2. The lowest BCUT2D eigenvalue weighted by Gasteiger charge is -2.26. The van der Waals surface area contributed by atoms with Gasteiger partial charge in [-0.05, 0) is 61.8 Å². The van der Waals surface area contributed by atoms with Crippen molar-refractivity contribution < 1.29 is 34.5 Å². The SMILES string of the molecule is O=C(O)/C=C\C(=O)O.O=C1c2ccccc2C(=O)N1C/C(O)=C/Cc1cc(CN2CCCCC2)ccn1. The summed E-state index contributed by atoms with van der Waals surface area (Å²) in [6.45, 7) is 3.07. The summed E-state index contributed by atoms with van der Waals surface area (Å²) in [7, 11) is 0. The molecule has 1 aromatic carbocycles. The Kier molecular flexibility index (Phi) is 9.68. The van der Waals surface area contributed by atoms with Gasteiger partial charge in [0.25, 0.3) is 11.8 Å². The maximum atomic E-state index is 12.4. The zero-order valence-corrected chi connectivity index (χ0v) is 20.2. The van der Waals surface area contributed by atoms with Gasteiger partial charge in [-0.1, -0.05) is 18.6 Å². The van der Waals surface area contributed by atoms with E-state index in [0.29, 0.717) is 29.7 Å². The van der Waals surface area contributed by atoms with E-state index in [-0.39, 0.29) is 24.1 Å². The van der Waals surface area contributed by atoms with E-state index in [9.17, 15) is 24.3 Å². The quantitative estimate of drug-likeness (QED) is 0.278. The third kappa shape index (κ3) is 8.11. The molecule has 2 aliphatic rings. The number of carbonyl (C=O) groups is 4. The molecule has 1 fully saturated rings. The van der Waals surface area contributed by atoms with Crippen molar-refractivity contribution in [2.24, 2.45) is 0 Å². The molecule has 0 unspecified atom stereocenters. The third-order valence-corrected chi connectivity index (χ3v) is 5.85. The molecule has 4 rings (SSSR count). The molecule has 0 bridgehead atoms. The van der Waals surface area contributed by atoms with Gasteiger partial charge in [0, 0.05) is 37.0 Å². The molecule has 10 heteroatoms. The van der Waals surface area contributed by atoms with Gasteiger partial charge in [0.05, 0.1) is 17.7 Å². The van der Waals surface area contributed by atoms with Gasteiger partial charge in [0.1, 0.15) is 5.76 Å². The summed E-state index contributed by atoms with van der Waals surface area (Å²) < 4.78 is 0. The van der Waals surface area contributed by atoms with E-state index >= 15 is 0 Å². The van der Waals surface area contributed by atoms with Gasteiger partial charge in [-0.15, -0.1) is 0 Å². The summed E-state index contributed by atoms with van der Waals surface area (Å²) in [6, 6.07) is 10.8. The summed E-state index contributed by atoms with van der Waals surface area (Å²) >= 11 is 0. The molecular formula is C27H29N3O7. The van der Waals surface area contributed by atoms with Crippen LogP contribution >= 0.6 is 0 Å². The van der Waals surface area contributed by atoms with Crippen LogP contribution in [0.1, 0.15) is 51.2 Å². The number of hydrogen-bond acceptors (Lipinski definition) is 7. The first-order valence-corrected chi connectivity index (χ1v) is 11.9. The van der Waals surface area contributed by atoms with E-state index in [1.807, 2.05) is 6.07 Å². The van der Waals surface area contributed by atoms with Crippen LogP contribution in [-0.2, 0) is 22.6 Å². The Morgan fingerprint density at radius 3 is 2.05 bits per heavy atom. The van der Waals surface area contributed by atoms with Crippen LogP contribution in [0.3, 0.4) is 0 Å². The van der Waals surface area contributed by atoms with Crippen molar-refractivity contribution in [1.82, 2.24) is 14.8 Å². The topological polar surface area (TPSA) is 148 Å². The molecule has 3 N–H and O–H groups in total. The number of allylic oxidation sites excluding steroid dienone is 1. The molecule has 0 radical (unpaired) electrons. The fraction of sp³-hybridized carbons (Fsp3) is 0.296. The Morgan fingerprint density at radius 2 is 1.49 bits per heavy atom. The number of carbonyl (C=O) groups excluding carboxylic acids is 2. The molecule has 37 heavy (non-hydrogen) atoms. The van der Waals surface area contributed by atoms with Crippen molar-refractivity contribution in [2.75, 3.05) is 19.6 Å². The van der Waals surface area contributed by atoms with Crippen LogP contribution in [0, 0.1) is 0 Å². The van der Waals surface area contributed by atoms with E-state index in [2.05, 4.69) is 16.0 Å². The zero-order valence-electron chi connectivity index (χ0n) is 20.2. The average Bonchev–Trinajstić information content (AvgIpc) is 3.12. The predicted octanol–water partition coefficient (Wildman–Crippen LogP) is 3.06. The number of imide groups is 1. The number of aromatic nitrogens is 1. The van der Waals surface area contributed by atoms with Crippen LogP contribution in [-0.4, -0.2) is 73.5 Å². The highest BCUT2D eigenvalue weighted by molar-refractivity contribution is 6.21. The number of carboxylic acids is 2. The Morgan fingerprint density at radius 1 is 0.892 bits per heavy atom. The Bertz CT molecular complexity index is 1160. The van der Waals surface area contributed by atoms with E-state index < -0.39 is 11.9 Å². The minimum Gasteiger partial charge on any atom is -0.511 e. The number of aliphatic hydroxyl groups is 1. The average molecular weight is 508 g/mol. The summed E-state index contributed by atoms with van der Waals surface area (Å²) in [4.78, 5) is 51.8. The summed E-state index contributed by atoms with van der Waals surface area (Å²) in [5.41, 5.74) is 2.84. The molecule has 3 heterocycles. The molecule has 10 nitrogen and oxygen atoms in total. The van der Waals surface area contributed by atoms with E-state index in [4.69, 9.17) is 10.2 Å². The van der Waals surface area contributed by atoms with Crippen LogP contribution in [0.15, 0.2) is 66.6 Å². The van der Waals surface area contributed by atoms with Crippen LogP contribution in [0.4, 0.5) is 0 Å². The van der Waals surface area contributed by atoms with E-state index in [1.54, 1.807) is 36.5 Å². The standard InChI is InChI=1S/C23H25N3O3.C4H4O4/c27-19(16-26-22(28)20-6-2-3-7-21(20)23(26)29)9-8-18-14-17(10-11-24-18)15-25-12-4-1-5-13-25;5-3(6)1-2-4(7)8/h2-3,6-7,9-11,14,27H,1,4-5,8,12-13,15-16H2;1-2H,(H,5,6)(H,7,8)/b19-9-;2-1-. The Labute approximate surface area is 214 Å². The van der Waals surface area contributed by atoms with Crippen molar-refractivity contribution in [2.45, 2.75) is 32.2 Å². The minimum atomic E-state index is -1.26. The number of pyridine rings is 1. The van der Waals surface area contributed by atoms with Crippen LogP contribution in [0.5, 0.6) is 0 Å². The first-order valence-electron chi connectivity index (χ1n) is 11.9. The number of benzene rings is 1. The normalized spacial score (nSPS) is 15.9. The first-order chi connectivity index (χ1) is 17.7. The van der Waals surface area contributed by atoms with E-state index in [1.165, 1.54) is 24.8 Å². The largest absolute Gasteiger partial charge is 0.511 e.